The summed E-state index contributed by atoms with van der Waals surface area (Å²) in [6.07, 6.45) is 0. The average Bonchev–Trinajstić information content (AvgIpc) is 1.68. The molecule has 42 valence electrons. The number of rotatable bonds is 2. The van der Waals surface area contributed by atoms with Gasteiger partial charge in [-0.1, -0.05) is 0 Å². The molecule has 0 fully saturated rings. The molecule has 0 unspecified atom stereocenters. The van der Waals surface area contributed by atoms with E-state index in [-0.39, 0.29) is 0 Å². The third kappa shape index (κ3) is 3.93. The predicted octanol–water partition coefficient (Wildman–Crippen LogP) is 0.294. The van der Waals surface area contributed by atoms with Crippen molar-refractivity contribution in [1.29, 1.82) is 0 Å². The van der Waals surface area contributed by atoms with Crippen LogP contribution in [0.2, 0.25) is 0 Å². The molecule has 5 heteroatoms. The van der Waals surface area contributed by atoms with Crippen molar-refractivity contribution in [1.82, 2.24) is 0 Å². The maximum atomic E-state index is 4.86. The van der Waals surface area contributed by atoms with Gasteiger partial charge in [-0.15, -0.1) is 0 Å². The Kier molecular flexibility index (Phi) is 4.10. The third-order valence-electron chi connectivity index (χ3n) is 0.447. The normalized spacial score (nSPS) is 12.0. The fourth-order valence-corrected chi connectivity index (χ4v) is 0.224. The minimum absolute atomic E-state index is 1.60. The molecule has 0 aliphatic heterocycles. The first-order chi connectivity index (χ1) is 3.12. The molecule has 0 atom stereocenters. The molecule has 2 nitrogen and oxygen atoms in total. The number of hydrogen-bond acceptors (Lipinski definition) is 2. The van der Waals surface area contributed by atoms with E-state index in [1.807, 2.05) is 0 Å². The van der Waals surface area contributed by atoms with E-state index in [9.17, 15) is 0 Å². The molecule has 0 spiro atoms. The van der Waals surface area contributed by atoms with Crippen molar-refractivity contribution in [3.63, 3.8) is 0 Å². The molecule has 0 aliphatic rings. The van der Waals surface area contributed by atoms with Gasteiger partial charge in [-0.3, -0.25) is 0 Å². The van der Waals surface area contributed by atoms with Gasteiger partial charge >= 0.3 is 59.5 Å². The quantitative estimate of drug-likeness (QED) is 0.519. The molecule has 0 rings (SSSR count). The number of hydrogen-bond donors (Lipinski definition) is 0. The van der Waals surface area contributed by atoms with Crippen LogP contribution >= 0.6 is 5.10 Å². The second-order valence-electron chi connectivity index (χ2n) is 0.812. The Labute approximate surface area is 59.7 Å². The van der Waals surface area contributed by atoms with Crippen molar-refractivity contribution in [2.45, 2.75) is 0 Å². The van der Waals surface area contributed by atoms with Gasteiger partial charge in [0.1, 0.15) is 0 Å². The summed E-state index contributed by atoms with van der Waals surface area (Å²) < 4.78 is 9.73. The molecule has 0 bridgehead atoms. The minimum atomic E-state index is -1.65. The van der Waals surface area contributed by atoms with Crippen LogP contribution in [0, 0.1) is 0 Å². The zero-order valence-corrected chi connectivity index (χ0v) is 8.40. The molecule has 0 saturated heterocycles. The van der Waals surface area contributed by atoms with Crippen LogP contribution < -0.4 is 0 Å². The van der Waals surface area contributed by atoms with E-state index in [1.165, 1.54) is 0 Å². The van der Waals surface area contributed by atoms with Gasteiger partial charge in [0.25, 0.3) is 0 Å². The van der Waals surface area contributed by atoms with Gasteiger partial charge in [0.05, 0.1) is 0 Å². The Morgan fingerprint density at radius 3 is 1.43 bits per heavy atom. The van der Waals surface area contributed by atoms with Gasteiger partial charge in [0.2, 0.25) is 0 Å². The van der Waals surface area contributed by atoms with Crippen LogP contribution in [0.4, 0.5) is 0 Å². The van der Waals surface area contributed by atoms with E-state index in [4.69, 9.17) is 9.05 Å². The Hall–Kier alpha value is 1.39. The fraction of sp³-hybridized carbons (Fsp3) is 1.00. The van der Waals surface area contributed by atoms with Crippen molar-refractivity contribution < 1.29 is 9.05 Å². The standard InChI is InChI=1S/C2H6O2PSe2/c1-3-5(6,7)4-2/h1-2H3/q+1. The predicted molar refractivity (Wildman–Crippen MR) is 32.4 cm³/mol. The molecule has 0 heterocycles. The summed E-state index contributed by atoms with van der Waals surface area (Å²) in [5.74, 6) is 0. The first kappa shape index (κ1) is 8.39. The molecule has 0 aromatic rings. The van der Waals surface area contributed by atoms with Gasteiger partial charge in [-0.05, 0) is 0 Å². The van der Waals surface area contributed by atoms with Crippen molar-refractivity contribution in [3.05, 3.63) is 0 Å². The molecule has 0 amide bonds. The monoisotopic (exact) mass is 253 g/mol. The van der Waals surface area contributed by atoms with E-state index in [2.05, 4.69) is 31.1 Å². The second kappa shape index (κ2) is 3.42. The molecule has 0 saturated carbocycles. The SMILES string of the molecule is CO[P+]([Se])([Se])OC. The fourth-order valence-electron chi connectivity index (χ4n) is 0.0745. The van der Waals surface area contributed by atoms with E-state index in [1.54, 1.807) is 14.2 Å². The van der Waals surface area contributed by atoms with Crippen LogP contribution in [-0.4, -0.2) is 45.4 Å². The van der Waals surface area contributed by atoms with E-state index in [0.29, 0.717) is 0 Å². The summed E-state index contributed by atoms with van der Waals surface area (Å²) in [6, 6.07) is 0. The molecular formula is C2H6O2PSe2+. The van der Waals surface area contributed by atoms with Gasteiger partial charge < -0.3 is 0 Å². The summed E-state index contributed by atoms with van der Waals surface area (Å²) in [7, 11) is 3.20. The zero-order valence-electron chi connectivity index (χ0n) is 4.08. The summed E-state index contributed by atoms with van der Waals surface area (Å²) in [5.41, 5.74) is 0. The van der Waals surface area contributed by atoms with E-state index in [0.717, 1.165) is 0 Å². The molecule has 0 N–H and O–H groups in total. The summed E-state index contributed by atoms with van der Waals surface area (Å²) in [6.45, 7) is 0. The summed E-state index contributed by atoms with van der Waals surface area (Å²) >= 11 is 5.53. The Bertz CT molecular complexity index is 51.7. The van der Waals surface area contributed by atoms with E-state index < -0.39 is 5.10 Å². The van der Waals surface area contributed by atoms with Crippen LogP contribution in [0.5, 0.6) is 0 Å². The van der Waals surface area contributed by atoms with Gasteiger partial charge in [-0.2, -0.15) is 0 Å². The molecule has 7 heavy (non-hydrogen) atoms. The first-order valence-corrected chi connectivity index (χ1v) is 7.60. The van der Waals surface area contributed by atoms with Crippen molar-refractivity contribution >= 4 is 36.2 Å². The Morgan fingerprint density at radius 1 is 1.14 bits per heavy atom. The van der Waals surface area contributed by atoms with Gasteiger partial charge in [-0.25, -0.2) is 0 Å². The molecule has 0 aromatic heterocycles. The van der Waals surface area contributed by atoms with Crippen LogP contribution in [0.3, 0.4) is 0 Å². The maximum absolute atomic E-state index is 4.86. The van der Waals surface area contributed by atoms with Gasteiger partial charge in [0.15, 0.2) is 0 Å². The second-order valence-corrected chi connectivity index (χ2v) is 12.0. The van der Waals surface area contributed by atoms with Crippen molar-refractivity contribution in [2.75, 3.05) is 14.2 Å². The molecule has 0 aliphatic carbocycles. The average molecular weight is 251 g/mol. The van der Waals surface area contributed by atoms with Crippen molar-refractivity contribution in [3.8, 4) is 0 Å². The molecule has 0 aromatic carbocycles. The zero-order chi connectivity index (χ0) is 5.91. The van der Waals surface area contributed by atoms with Crippen LogP contribution in [-0.2, 0) is 9.05 Å². The summed E-state index contributed by atoms with van der Waals surface area (Å²) in [5, 5.41) is -1.65. The van der Waals surface area contributed by atoms with Crippen molar-refractivity contribution in [2.24, 2.45) is 0 Å². The van der Waals surface area contributed by atoms with Crippen LogP contribution in [0.15, 0.2) is 0 Å². The molecule has 2 radical (unpaired) electrons. The van der Waals surface area contributed by atoms with Crippen LogP contribution in [0.25, 0.3) is 0 Å². The van der Waals surface area contributed by atoms with Crippen LogP contribution in [0.1, 0.15) is 0 Å². The topological polar surface area (TPSA) is 18.5 Å². The summed E-state index contributed by atoms with van der Waals surface area (Å²) in [4.78, 5) is 0. The first-order valence-electron chi connectivity index (χ1n) is 1.55. The third-order valence-corrected chi connectivity index (χ3v) is 5.09. The Morgan fingerprint density at radius 2 is 1.43 bits per heavy atom. The van der Waals surface area contributed by atoms with E-state index >= 15 is 0 Å². The van der Waals surface area contributed by atoms with Gasteiger partial charge in [0, 0.05) is 0 Å². The Balaban J connectivity index is 3.36. The molecular weight excluding hydrogens is 245 g/mol.